The third-order valence-electron chi connectivity index (χ3n) is 1.37. The molecule has 0 bridgehead atoms. The van der Waals surface area contributed by atoms with Crippen molar-refractivity contribution in [1.82, 2.24) is 4.98 Å². The lowest BCUT2D eigenvalue weighted by molar-refractivity contribution is 1.19. The van der Waals surface area contributed by atoms with Crippen LogP contribution >= 0.6 is 23.1 Å². The summed E-state index contributed by atoms with van der Waals surface area (Å²) in [5, 5.41) is 10.8. The smallest absolute Gasteiger partial charge is 0.212 e. The largest absolute Gasteiger partial charge is 0.370 e. The Labute approximate surface area is 96.2 Å². The molecule has 0 aliphatic rings. The first-order chi connectivity index (χ1) is 7.22. The van der Waals surface area contributed by atoms with Crippen LogP contribution in [0.3, 0.4) is 0 Å². The van der Waals surface area contributed by atoms with Crippen LogP contribution in [-0.2, 0) is 5.75 Å². The van der Waals surface area contributed by atoms with Crippen LogP contribution in [0.2, 0.25) is 0 Å². The maximum absolute atomic E-state index is 8.34. The molecule has 0 fully saturated rings. The number of nitriles is 1. The molecule has 0 saturated carbocycles. The Hall–Kier alpha value is -1.26. The Kier molecular flexibility index (Phi) is 4.93. The minimum atomic E-state index is 0.0213. The number of nitrogens with two attached hydrogens (primary N) is 2. The van der Waals surface area contributed by atoms with Crippen molar-refractivity contribution in [1.29, 1.82) is 5.26 Å². The number of nitrogens with zero attached hydrogens (tertiary/aromatic N) is 3. The molecule has 0 aliphatic carbocycles. The second-order valence-electron chi connectivity index (χ2n) is 2.62. The van der Waals surface area contributed by atoms with Gasteiger partial charge in [-0.2, -0.15) is 22.0 Å². The van der Waals surface area contributed by atoms with Gasteiger partial charge < -0.3 is 11.5 Å². The van der Waals surface area contributed by atoms with Crippen molar-refractivity contribution in [3.63, 3.8) is 0 Å². The van der Waals surface area contributed by atoms with Crippen molar-refractivity contribution < 1.29 is 0 Å². The Morgan fingerprint density at radius 2 is 2.47 bits per heavy atom. The Bertz CT molecular complexity index is 375. The molecule has 15 heavy (non-hydrogen) atoms. The molecule has 1 heterocycles. The maximum atomic E-state index is 8.34. The summed E-state index contributed by atoms with van der Waals surface area (Å²) in [4.78, 5) is 8.06. The fourth-order valence-corrected chi connectivity index (χ4v) is 2.37. The van der Waals surface area contributed by atoms with Crippen LogP contribution in [0.5, 0.6) is 0 Å². The third kappa shape index (κ3) is 4.67. The van der Waals surface area contributed by atoms with E-state index in [2.05, 4.69) is 16.0 Å². The molecule has 0 saturated heterocycles. The van der Waals surface area contributed by atoms with E-state index in [1.54, 1.807) is 11.8 Å². The summed E-state index contributed by atoms with van der Waals surface area (Å²) in [5.74, 6) is 1.64. The van der Waals surface area contributed by atoms with Gasteiger partial charge >= 0.3 is 0 Å². The van der Waals surface area contributed by atoms with Crippen LogP contribution < -0.4 is 11.5 Å². The average Bonchev–Trinajstić information content (AvgIpc) is 2.59. The highest BCUT2D eigenvalue weighted by Crippen LogP contribution is 2.21. The summed E-state index contributed by atoms with van der Waals surface area (Å²) >= 11 is 3.08. The number of aliphatic imine (C=N–C) groups is 1. The Balaban J connectivity index is 2.40. The van der Waals surface area contributed by atoms with Gasteiger partial charge in [0.15, 0.2) is 5.96 Å². The first kappa shape index (κ1) is 11.8. The normalized spacial score (nSPS) is 9.53. The van der Waals surface area contributed by atoms with E-state index in [-0.39, 0.29) is 5.96 Å². The van der Waals surface area contributed by atoms with Gasteiger partial charge in [-0.1, -0.05) is 0 Å². The van der Waals surface area contributed by atoms with Crippen molar-refractivity contribution in [2.75, 3.05) is 5.75 Å². The predicted molar refractivity (Wildman–Crippen MR) is 64.0 cm³/mol. The molecule has 0 unspecified atom stereocenters. The zero-order chi connectivity index (χ0) is 11.1. The minimum Gasteiger partial charge on any atom is -0.370 e. The zero-order valence-corrected chi connectivity index (χ0v) is 9.64. The van der Waals surface area contributed by atoms with Gasteiger partial charge in [0.2, 0.25) is 5.13 Å². The van der Waals surface area contributed by atoms with E-state index in [9.17, 15) is 0 Å². The van der Waals surface area contributed by atoms with Crippen molar-refractivity contribution in [3.8, 4) is 6.07 Å². The van der Waals surface area contributed by atoms with E-state index < -0.39 is 0 Å². The van der Waals surface area contributed by atoms with Gasteiger partial charge in [0.25, 0.3) is 0 Å². The summed E-state index contributed by atoms with van der Waals surface area (Å²) in [7, 11) is 0. The lowest BCUT2D eigenvalue weighted by atomic mass is 10.6. The topological polar surface area (TPSA) is 101 Å². The lowest BCUT2D eigenvalue weighted by Crippen LogP contribution is -2.21. The fraction of sp³-hybridized carbons (Fsp3) is 0.375. The molecule has 0 aliphatic heterocycles. The van der Waals surface area contributed by atoms with Crippen LogP contribution in [0.25, 0.3) is 0 Å². The quantitative estimate of drug-likeness (QED) is 0.351. The van der Waals surface area contributed by atoms with Crippen molar-refractivity contribution in [3.05, 3.63) is 11.1 Å². The van der Waals surface area contributed by atoms with Gasteiger partial charge in [0.1, 0.15) is 0 Å². The van der Waals surface area contributed by atoms with E-state index in [0.717, 1.165) is 17.2 Å². The molecule has 0 aromatic carbocycles. The zero-order valence-electron chi connectivity index (χ0n) is 8.01. The molecule has 7 heteroatoms. The van der Waals surface area contributed by atoms with Gasteiger partial charge in [-0.3, -0.25) is 0 Å². The monoisotopic (exact) mass is 244 g/mol. The molecule has 0 amide bonds. The molecule has 0 radical (unpaired) electrons. The highest BCUT2D eigenvalue weighted by molar-refractivity contribution is 7.98. The summed E-state index contributed by atoms with van der Waals surface area (Å²) in [5.41, 5.74) is 11.4. The SMILES string of the molecule is N#CCCSC[13c]1cs[13c](N=[13C](N)N)n1. The van der Waals surface area contributed by atoms with Crippen molar-refractivity contribution >= 4 is 34.2 Å². The third-order valence-corrected chi connectivity index (χ3v) is 3.15. The molecule has 0 atom stereocenters. The van der Waals surface area contributed by atoms with Crippen LogP contribution in [-0.4, -0.2) is 16.7 Å². The van der Waals surface area contributed by atoms with E-state index in [1.807, 2.05) is 5.38 Å². The second-order valence-corrected chi connectivity index (χ2v) is 4.56. The van der Waals surface area contributed by atoms with E-state index in [0.29, 0.717) is 11.6 Å². The van der Waals surface area contributed by atoms with E-state index in [1.165, 1.54) is 11.3 Å². The number of guanidine groups is 1. The van der Waals surface area contributed by atoms with Crippen molar-refractivity contribution in [2.24, 2.45) is 16.5 Å². The first-order valence-electron chi connectivity index (χ1n) is 4.21. The summed E-state index contributed by atoms with van der Waals surface area (Å²) < 4.78 is 0. The molecular formula is C8H11N5S2. The van der Waals surface area contributed by atoms with Gasteiger partial charge in [-0.25, -0.2) is 4.98 Å². The van der Waals surface area contributed by atoms with Crippen molar-refractivity contribution in [2.45, 2.75) is 12.2 Å². The molecule has 80 valence electrons. The Morgan fingerprint density at radius 1 is 1.67 bits per heavy atom. The first-order valence-corrected chi connectivity index (χ1v) is 6.24. The van der Waals surface area contributed by atoms with Gasteiger partial charge in [-0.15, -0.1) is 11.3 Å². The minimum absolute atomic E-state index is 0.0213. The molecular weight excluding hydrogens is 233 g/mol. The number of rotatable bonds is 5. The highest BCUT2D eigenvalue weighted by Gasteiger charge is 2.00. The fourth-order valence-electron chi connectivity index (χ4n) is 0.819. The highest BCUT2D eigenvalue weighted by atomic mass is 32.2. The number of hydrogen-bond acceptors (Lipinski definition) is 5. The van der Waals surface area contributed by atoms with Gasteiger partial charge in [0, 0.05) is 23.3 Å². The van der Waals surface area contributed by atoms with Gasteiger partial charge in [0.05, 0.1) is 11.8 Å². The molecule has 4 N–H and O–H groups in total. The number of thioether (sulfide) groups is 1. The summed E-state index contributed by atoms with van der Waals surface area (Å²) in [6.45, 7) is 0. The molecule has 1 aromatic rings. The molecule has 5 nitrogen and oxygen atoms in total. The molecule has 1 aromatic heterocycles. The lowest BCUT2D eigenvalue weighted by Gasteiger charge is -1.93. The standard InChI is InChI=1S/C8H11N5S2/c9-2-1-3-14-4-6-5-15-8(12-6)13-7(10)11/h5H,1,3-4H2,(H4,10,11,12,13)/i6+1,7+1,8+1. The number of aromatic nitrogens is 1. The Morgan fingerprint density at radius 3 is 3.13 bits per heavy atom. The van der Waals surface area contributed by atoms with Crippen LogP contribution in [0.15, 0.2) is 10.4 Å². The van der Waals surface area contributed by atoms with Crippen LogP contribution in [0.1, 0.15) is 12.1 Å². The summed E-state index contributed by atoms with van der Waals surface area (Å²) in [6.07, 6.45) is 0.565. The summed E-state index contributed by atoms with van der Waals surface area (Å²) in [6, 6.07) is 2.09. The number of thiazole rings is 1. The molecule has 1 rings (SSSR count). The number of hydrogen-bond donors (Lipinski definition) is 2. The predicted octanol–water partition coefficient (Wildman–Crippen LogP) is 1.19. The maximum Gasteiger partial charge on any atom is 0.212 e. The van der Waals surface area contributed by atoms with Gasteiger partial charge in [-0.05, 0) is 0 Å². The average molecular weight is 244 g/mol. The molecule has 0 spiro atoms. The van der Waals surface area contributed by atoms with Crippen LogP contribution in [0.4, 0.5) is 5.13 Å². The second kappa shape index (κ2) is 6.27. The van der Waals surface area contributed by atoms with Crippen LogP contribution in [0, 0.1) is 11.3 Å². The van der Waals surface area contributed by atoms with E-state index in [4.69, 9.17) is 16.7 Å². The van der Waals surface area contributed by atoms with E-state index >= 15 is 0 Å².